The third-order valence-corrected chi connectivity index (χ3v) is 3.35. The van der Waals surface area contributed by atoms with Crippen LogP contribution in [0.15, 0.2) is 47.6 Å². The highest BCUT2D eigenvalue weighted by Gasteiger charge is 2.07. The first-order chi connectivity index (χ1) is 12.0. The Morgan fingerprint density at radius 1 is 1.20 bits per heavy atom. The number of nitrogens with one attached hydrogen (secondary N) is 2. The number of phenols is 1. The second-order valence-corrected chi connectivity index (χ2v) is 5.27. The Labute approximate surface area is 145 Å². The Morgan fingerprint density at radius 2 is 1.92 bits per heavy atom. The molecule has 0 heterocycles. The number of carbonyl (C=O) groups is 2. The van der Waals surface area contributed by atoms with Crippen molar-refractivity contribution in [2.75, 3.05) is 13.7 Å². The molecule has 0 spiro atoms. The quantitative estimate of drug-likeness (QED) is 0.549. The highest BCUT2D eigenvalue weighted by atomic mass is 16.5. The van der Waals surface area contributed by atoms with Crippen molar-refractivity contribution in [2.45, 2.75) is 6.92 Å². The first-order valence-electron chi connectivity index (χ1n) is 7.53. The second kappa shape index (κ2) is 8.49. The Balaban J connectivity index is 1.84. The highest BCUT2D eigenvalue weighted by molar-refractivity contribution is 5.96. The number of rotatable bonds is 6. The van der Waals surface area contributed by atoms with E-state index >= 15 is 0 Å². The second-order valence-electron chi connectivity index (χ2n) is 5.27. The molecule has 0 aromatic heterocycles. The number of aryl methyl sites for hydroxylation is 1. The molecule has 0 saturated carbocycles. The van der Waals surface area contributed by atoms with Crippen LogP contribution in [0.5, 0.6) is 11.5 Å². The Hall–Kier alpha value is -3.35. The summed E-state index contributed by atoms with van der Waals surface area (Å²) in [5, 5.41) is 16.0. The first-order valence-corrected chi connectivity index (χ1v) is 7.53. The van der Waals surface area contributed by atoms with E-state index in [0.717, 1.165) is 5.56 Å². The van der Waals surface area contributed by atoms with Crippen LogP contribution in [0.4, 0.5) is 0 Å². The average molecular weight is 341 g/mol. The van der Waals surface area contributed by atoms with Crippen molar-refractivity contribution in [3.8, 4) is 11.5 Å². The summed E-state index contributed by atoms with van der Waals surface area (Å²) in [4.78, 5) is 23.6. The molecule has 0 aliphatic carbocycles. The van der Waals surface area contributed by atoms with Gasteiger partial charge in [0.1, 0.15) is 11.5 Å². The smallest absolute Gasteiger partial charge is 0.259 e. The molecule has 2 aromatic rings. The van der Waals surface area contributed by atoms with Gasteiger partial charge in [0.15, 0.2) is 0 Å². The molecule has 0 aliphatic heterocycles. The molecule has 0 saturated heterocycles. The van der Waals surface area contributed by atoms with Gasteiger partial charge in [-0.2, -0.15) is 5.10 Å². The van der Waals surface area contributed by atoms with Crippen molar-refractivity contribution in [3.05, 3.63) is 59.2 Å². The van der Waals surface area contributed by atoms with Crippen LogP contribution in [0.3, 0.4) is 0 Å². The minimum atomic E-state index is -0.487. The lowest BCUT2D eigenvalue weighted by Gasteiger charge is -2.05. The summed E-state index contributed by atoms with van der Waals surface area (Å²) in [6.45, 7) is 1.71. The van der Waals surface area contributed by atoms with Crippen LogP contribution in [0, 0.1) is 6.92 Å². The molecule has 2 aromatic carbocycles. The van der Waals surface area contributed by atoms with Gasteiger partial charge < -0.3 is 15.2 Å². The molecule has 0 radical (unpaired) electrons. The van der Waals surface area contributed by atoms with Gasteiger partial charge in [-0.3, -0.25) is 9.59 Å². The zero-order valence-corrected chi connectivity index (χ0v) is 13.9. The van der Waals surface area contributed by atoms with Gasteiger partial charge in [-0.25, -0.2) is 5.43 Å². The van der Waals surface area contributed by atoms with Crippen LogP contribution < -0.4 is 15.5 Å². The summed E-state index contributed by atoms with van der Waals surface area (Å²) in [5.74, 6) is -0.272. The van der Waals surface area contributed by atoms with Crippen LogP contribution in [0.25, 0.3) is 0 Å². The summed E-state index contributed by atoms with van der Waals surface area (Å²) < 4.78 is 5.04. The molecule has 2 rings (SSSR count). The zero-order chi connectivity index (χ0) is 18.2. The van der Waals surface area contributed by atoms with Gasteiger partial charge in [-0.05, 0) is 37.3 Å². The number of benzene rings is 2. The average Bonchev–Trinajstić information content (AvgIpc) is 2.62. The number of hydrogen-bond donors (Lipinski definition) is 3. The fraction of sp³-hybridized carbons (Fsp3) is 0.167. The van der Waals surface area contributed by atoms with Crippen LogP contribution >= 0.6 is 0 Å². The summed E-state index contributed by atoms with van der Waals surface area (Å²) in [5.41, 5.74) is 4.19. The molecule has 0 fully saturated rings. The van der Waals surface area contributed by atoms with Gasteiger partial charge in [-0.1, -0.05) is 17.7 Å². The largest absolute Gasteiger partial charge is 0.507 e. The minimum Gasteiger partial charge on any atom is -0.507 e. The minimum absolute atomic E-state index is 0.00599. The Kier molecular flexibility index (Phi) is 6.11. The molecule has 3 N–H and O–H groups in total. The summed E-state index contributed by atoms with van der Waals surface area (Å²) >= 11 is 0. The molecule has 2 amide bonds. The van der Waals surface area contributed by atoms with Crippen molar-refractivity contribution < 1.29 is 19.4 Å². The predicted molar refractivity (Wildman–Crippen MR) is 93.9 cm³/mol. The lowest BCUT2D eigenvalue weighted by atomic mass is 10.1. The monoisotopic (exact) mass is 341 g/mol. The van der Waals surface area contributed by atoms with E-state index in [9.17, 15) is 14.7 Å². The van der Waals surface area contributed by atoms with Gasteiger partial charge in [0.2, 0.25) is 0 Å². The number of hydrazone groups is 1. The number of carbonyl (C=O) groups excluding carboxylic acids is 2. The molecular formula is C18H19N3O4. The molecule has 25 heavy (non-hydrogen) atoms. The van der Waals surface area contributed by atoms with Crippen molar-refractivity contribution >= 4 is 18.0 Å². The maximum atomic E-state index is 11.9. The Bertz CT molecular complexity index is 785. The number of aromatic hydroxyl groups is 1. The number of ether oxygens (including phenoxy) is 1. The van der Waals surface area contributed by atoms with Crippen LogP contribution in [0.1, 0.15) is 21.5 Å². The predicted octanol–water partition coefficient (Wildman–Crippen LogP) is 1.59. The normalized spacial score (nSPS) is 10.5. The topological polar surface area (TPSA) is 100 Å². The zero-order valence-electron chi connectivity index (χ0n) is 13.9. The van der Waals surface area contributed by atoms with Crippen molar-refractivity contribution in [1.82, 2.24) is 10.7 Å². The van der Waals surface area contributed by atoms with E-state index in [1.807, 2.05) is 19.1 Å². The third kappa shape index (κ3) is 5.35. The number of hydrogen-bond acceptors (Lipinski definition) is 5. The van der Waals surface area contributed by atoms with E-state index in [0.29, 0.717) is 16.9 Å². The molecule has 0 aliphatic rings. The lowest BCUT2D eigenvalue weighted by Crippen LogP contribution is -2.34. The summed E-state index contributed by atoms with van der Waals surface area (Å²) in [6, 6.07) is 11.7. The molecular weight excluding hydrogens is 322 g/mol. The molecule has 7 nitrogen and oxygen atoms in total. The number of methoxy groups -OCH3 is 1. The Morgan fingerprint density at radius 3 is 2.60 bits per heavy atom. The van der Waals surface area contributed by atoms with E-state index in [1.54, 1.807) is 24.3 Å². The van der Waals surface area contributed by atoms with Gasteiger partial charge in [-0.15, -0.1) is 0 Å². The van der Waals surface area contributed by atoms with Gasteiger partial charge in [0.25, 0.3) is 11.8 Å². The van der Waals surface area contributed by atoms with Gasteiger partial charge >= 0.3 is 0 Å². The first kappa shape index (κ1) is 18.0. The van der Waals surface area contributed by atoms with Gasteiger partial charge in [0, 0.05) is 11.1 Å². The van der Waals surface area contributed by atoms with E-state index < -0.39 is 5.91 Å². The molecule has 7 heteroatoms. The fourth-order valence-electron chi connectivity index (χ4n) is 1.94. The van der Waals surface area contributed by atoms with Crippen LogP contribution in [-0.4, -0.2) is 36.8 Å². The number of phenolic OH excluding ortho intramolecular Hbond substituents is 1. The standard InChI is InChI=1S/C18H19N3O4/c1-12-3-5-13(6-4-12)18(24)19-11-17(23)21-20-10-14-9-15(25-2)7-8-16(14)22/h3-10,22H,11H2,1-2H3,(H,19,24)(H,21,23)/b20-10-. The third-order valence-electron chi connectivity index (χ3n) is 3.35. The number of amides is 2. The summed E-state index contributed by atoms with van der Waals surface area (Å²) in [7, 11) is 1.51. The maximum Gasteiger partial charge on any atom is 0.259 e. The molecule has 0 bridgehead atoms. The lowest BCUT2D eigenvalue weighted by molar-refractivity contribution is -0.120. The van der Waals surface area contributed by atoms with E-state index in [4.69, 9.17) is 4.74 Å². The number of nitrogens with zero attached hydrogens (tertiary/aromatic N) is 1. The maximum absolute atomic E-state index is 11.9. The SMILES string of the molecule is COc1ccc(O)c(/C=N\NC(=O)CNC(=O)c2ccc(C)cc2)c1. The highest BCUT2D eigenvalue weighted by Crippen LogP contribution is 2.20. The molecule has 0 unspecified atom stereocenters. The van der Waals surface area contributed by atoms with Crippen molar-refractivity contribution in [3.63, 3.8) is 0 Å². The van der Waals surface area contributed by atoms with Crippen molar-refractivity contribution in [2.24, 2.45) is 5.10 Å². The van der Waals surface area contributed by atoms with E-state index in [2.05, 4.69) is 15.8 Å². The van der Waals surface area contributed by atoms with Crippen molar-refractivity contribution in [1.29, 1.82) is 0 Å². The molecule has 0 atom stereocenters. The van der Waals surface area contributed by atoms with E-state index in [1.165, 1.54) is 19.4 Å². The van der Waals surface area contributed by atoms with Crippen LogP contribution in [0.2, 0.25) is 0 Å². The summed E-state index contributed by atoms with van der Waals surface area (Å²) in [6.07, 6.45) is 1.29. The van der Waals surface area contributed by atoms with Gasteiger partial charge in [0.05, 0.1) is 19.9 Å². The van der Waals surface area contributed by atoms with Crippen LogP contribution in [-0.2, 0) is 4.79 Å². The molecule has 130 valence electrons. The fourth-order valence-corrected chi connectivity index (χ4v) is 1.94. The van der Waals surface area contributed by atoms with E-state index in [-0.39, 0.29) is 18.2 Å².